The van der Waals surface area contributed by atoms with E-state index in [9.17, 15) is 18.4 Å². The Morgan fingerprint density at radius 3 is 2.60 bits per heavy atom. The van der Waals surface area contributed by atoms with Gasteiger partial charge in [0.15, 0.2) is 0 Å². The van der Waals surface area contributed by atoms with Crippen molar-refractivity contribution in [1.82, 2.24) is 14.8 Å². The van der Waals surface area contributed by atoms with E-state index < -0.39 is 11.7 Å². The first kappa shape index (κ1) is 20.1. The van der Waals surface area contributed by atoms with Gasteiger partial charge >= 0.3 is 6.18 Å². The molecule has 0 saturated heterocycles. The summed E-state index contributed by atoms with van der Waals surface area (Å²) in [5.74, 6) is 0. The third-order valence-corrected chi connectivity index (χ3v) is 5.84. The van der Waals surface area contributed by atoms with Crippen molar-refractivity contribution in [3.05, 3.63) is 75.5 Å². The Morgan fingerprint density at radius 1 is 1.20 bits per heavy atom. The van der Waals surface area contributed by atoms with Crippen molar-refractivity contribution < 1.29 is 13.2 Å². The molecule has 0 bridgehead atoms. The molecule has 9 heteroatoms. The minimum atomic E-state index is -4.46. The van der Waals surface area contributed by atoms with E-state index in [0.717, 1.165) is 29.2 Å². The number of aryl methyl sites for hydroxylation is 1. The molecule has 0 spiro atoms. The van der Waals surface area contributed by atoms with Crippen LogP contribution in [-0.4, -0.2) is 14.8 Å². The highest BCUT2D eigenvalue weighted by atomic mass is 35.5. The maximum Gasteiger partial charge on any atom is 0.416 e. The largest absolute Gasteiger partial charge is 0.416 e. The lowest BCUT2D eigenvalue weighted by molar-refractivity contribution is -0.137. The second-order valence-corrected chi connectivity index (χ2v) is 7.80. The van der Waals surface area contributed by atoms with Gasteiger partial charge in [-0.25, -0.2) is 9.67 Å². The Labute approximate surface area is 178 Å². The first-order chi connectivity index (χ1) is 14.3. The number of fused-ring (bicyclic) bond motifs is 1. The Morgan fingerprint density at radius 2 is 1.93 bits per heavy atom. The van der Waals surface area contributed by atoms with Crippen LogP contribution in [0.5, 0.6) is 0 Å². The fourth-order valence-electron chi connectivity index (χ4n) is 2.92. The number of thiazole rings is 1. The summed E-state index contributed by atoms with van der Waals surface area (Å²) in [6.45, 7) is 1.76. The van der Waals surface area contributed by atoms with Gasteiger partial charge < -0.3 is 0 Å². The van der Waals surface area contributed by atoms with Crippen LogP contribution < -0.4 is 0 Å². The molecule has 0 aliphatic heterocycles. The number of aromatic nitrogens is 3. The van der Waals surface area contributed by atoms with Crippen LogP contribution in [0.25, 0.3) is 27.6 Å². The minimum Gasteiger partial charge on any atom is -0.235 e. The predicted octanol–water partition coefficient (Wildman–Crippen LogP) is 6.53. The smallest absolute Gasteiger partial charge is 0.235 e. The fourth-order valence-corrected chi connectivity index (χ4v) is 4.16. The minimum absolute atomic E-state index is 0.189. The summed E-state index contributed by atoms with van der Waals surface area (Å²) in [5, 5.41) is 14.7. The van der Waals surface area contributed by atoms with Crippen molar-refractivity contribution >= 4 is 44.8 Å². The number of nitrogens with zero attached hydrogens (tertiary/aromatic N) is 4. The van der Waals surface area contributed by atoms with E-state index in [1.54, 1.807) is 17.7 Å². The molecule has 30 heavy (non-hydrogen) atoms. The SMILES string of the molecule is Cc1nn(-c2ccccc2)c(Cl)c1C=C(C#N)c1nc2cc(C(F)(F)F)ccc2s1. The lowest BCUT2D eigenvalue weighted by Crippen LogP contribution is -2.03. The molecule has 2 aromatic heterocycles. The van der Waals surface area contributed by atoms with Gasteiger partial charge in [-0.1, -0.05) is 29.8 Å². The van der Waals surface area contributed by atoms with E-state index in [4.69, 9.17) is 11.6 Å². The zero-order valence-electron chi connectivity index (χ0n) is 15.4. The van der Waals surface area contributed by atoms with Crippen LogP contribution in [-0.2, 0) is 6.18 Å². The highest BCUT2D eigenvalue weighted by molar-refractivity contribution is 7.19. The standard InChI is InChI=1S/C21H12ClF3N4S/c1-12-16(19(22)29(28-12)15-5-3-2-4-6-15)9-13(11-26)20-27-17-10-14(21(23,24)25)7-8-18(17)30-20/h2-10H,1H3. The zero-order chi connectivity index (χ0) is 21.5. The van der Waals surface area contributed by atoms with Crippen molar-refractivity contribution in [3.8, 4) is 11.8 Å². The van der Waals surface area contributed by atoms with Gasteiger partial charge in [0.2, 0.25) is 0 Å². The van der Waals surface area contributed by atoms with Gasteiger partial charge in [0.25, 0.3) is 0 Å². The number of hydrogen-bond acceptors (Lipinski definition) is 4. The number of benzene rings is 2. The van der Waals surface area contributed by atoms with Gasteiger partial charge in [0, 0.05) is 5.56 Å². The second kappa shape index (κ2) is 7.59. The molecule has 0 unspecified atom stereocenters. The molecule has 0 radical (unpaired) electrons. The molecule has 0 saturated carbocycles. The summed E-state index contributed by atoms with van der Waals surface area (Å²) < 4.78 is 41.0. The number of alkyl halides is 3. The van der Waals surface area contributed by atoms with Gasteiger partial charge in [-0.15, -0.1) is 11.3 Å². The third kappa shape index (κ3) is 3.70. The topological polar surface area (TPSA) is 54.5 Å². The van der Waals surface area contributed by atoms with Gasteiger partial charge in [0.1, 0.15) is 16.2 Å². The van der Waals surface area contributed by atoms with Crippen molar-refractivity contribution in [3.63, 3.8) is 0 Å². The average Bonchev–Trinajstić information content (AvgIpc) is 3.26. The van der Waals surface area contributed by atoms with Crippen LogP contribution in [0, 0.1) is 18.3 Å². The summed E-state index contributed by atoms with van der Waals surface area (Å²) in [7, 11) is 0. The number of para-hydroxylation sites is 1. The van der Waals surface area contributed by atoms with Gasteiger partial charge in [0.05, 0.1) is 32.7 Å². The molecule has 0 amide bonds. The Kier molecular flexibility index (Phi) is 5.10. The Bertz CT molecular complexity index is 1310. The molecule has 0 fully saturated rings. The van der Waals surface area contributed by atoms with Gasteiger partial charge in [-0.3, -0.25) is 0 Å². The summed E-state index contributed by atoms with van der Waals surface area (Å²) >= 11 is 7.65. The quantitative estimate of drug-likeness (QED) is 0.338. The number of hydrogen-bond donors (Lipinski definition) is 0. The predicted molar refractivity (Wildman–Crippen MR) is 111 cm³/mol. The monoisotopic (exact) mass is 444 g/mol. The lowest BCUT2D eigenvalue weighted by Gasteiger charge is -2.04. The highest BCUT2D eigenvalue weighted by Crippen LogP contribution is 2.35. The molecule has 0 N–H and O–H groups in total. The maximum atomic E-state index is 13.0. The summed E-state index contributed by atoms with van der Waals surface area (Å²) in [5.41, 5.74) is 1.53. The molecule has 4 aromatic rings. The molecule has 2 heterocycles. The second-order valence-electron chi connectivity index (χ2n) is 6.41. The van der Waals surface area contributed by atoms with Crippen LogP contribution in [0.2, 0.25) is 5.15 Å². The zero-order valence-corrected chi connectivity index (χ0v) is 17.0. The third-order valence-electron chi connectivity index (χ3n) is 4.40. The molecule has 0 aliphatic carbocycles. The summed E-state index contributed by atoms with van der Waals surface area (Å²) in [6.07, 6.45) is -2.89. The maximum absolute atomic E-state index is 13.0. The number of allylic oxidation sites excluding steroid dienone is 1. The van der Waals surface area contributed by atoms with Crippen LogP contribution in [0.15, 0.2) is 48.5 Å². The fraction of sp³-hybridized carbons (Fsp3) is 0.0952. The molecule has 150 valence electrons. The Balaban J connectivity index is 1.78. The van der Waals surface area contributed by atoms with E-state index in [2.05, 4.69) is 16.2 Å². The molecule has 0 atom stereocenters. The van der Waals surface area contributed by atoms with Crippen LogP contribution in [0.3, 0.4) is 0 Å². The van der Waals surface area contributed by atoms with E-state index in [1.807, 2.05) is 30.3 Å². The van der Waals surface area contributed by atoms with Crippen molar-refractivity contribution in [2.45, 2.75) is 13.1 Å². The molecular weight excluding hydrogens is 433 g/mol. The number of nitriles is 1. The van der Waals surface area contributed by atoms with Crippen LogP contribution in [0.1, 0.15) is 21.8 Å². The molecular formula is C21H12ClF3N4S. The van der Waals surface area contributed by atoms with Crippen molar-refractivity contribution in [2.75, 3.05) is 0 Å². The summed E-state index contributed by atoms with van der Waals surface area (Å²) in [4.78, 5) is 4.24. The Hall–Kier alpha value is -3.15. The van der Waals surface area contributed by atoms with Crippen LogP contribution in [0.4, 0.5) is 13.2 Å². The summed E-state index contributed by atoms with van der Waals surface area (Å²) in [6, 6.07) is 14.7. The van der Waals surface area contributed by atoms with Gasteiger partial charge in [-0.05, 0) is 43.3 Å². The normalized spacial score (nSPS) is 12.3. The molecule has 4 rings (SSSR count). The molecule has 2 aromatic carbocycles. The van der Waals surface area contributed by atoms with Crippen molar-refractivity contribution in [1.29, 1.82) is 5.26 Å². The van der Waals surface area contributed by atoms with Gasteiger partial charge in [-0.2, -0.15) is 23.5 Å². The molecule has 0 aliphatic rings. The van der Waals surface area contributed by atoms with E-state index in [0.29, 0.717) is 26.1 Å². The molecule has 4 nitrogen and oxygen atoms in total. The lowest BCUT2D eigenvalue weighted by atomic mass is 10.1. The van der Waals surface area contributed by atoms with Crippen LogP contribution >= 0.6 is 22.9 Å². The first-order valence-corrected chi connectivity index (χ1v) is 9.88. The number of rotatable bonds is 3. The van der Waals surface area contributed by atoms with E-state index >= 15 is 0 Å². The average molecular weight is 445 g/mol. The first-order valence-electron chi connectivity index (χ1n) is 8.68. The van der Waals surface area contributed by atoms with E-state index in [-0.39, 0.29) is 11.1 Å². The number of halogens is 4. The highest BCUT2D eigenvalue weighted by Gasteiger charge is 2.31. The van der Waals surface area contributed by atoms with Crippen molar-refractivity contribution in [2.24, 2.45) is 0 Å². The van der Waals surface area contributed by atoms with E-state index in [1.165, 1.54) is 6.07 Å².